The lowest BCUT2D eigenvalue weighted by molar-refractivity contribution is 0.244. The Hall–Kier alpha value is -2.01. The third kappa shape index (κ3) is 2.77. The van der Waals surface area contributed by atoms with Crippen molar-refractivity contribution in [2.45, 2.75) is 25.4 Å². The van der Waals surface area contributed by atoms with Crippen LogP contribution in [0.5, 0.6) is 0 Å². The molecule has 0 unspecified atom stereocenters. The van der Waals surface area contributed by atoms with Crippen molar-refractivity contribution in [3.8, 4) is 0 Å². The quantitative estimate of drug-likeness (QED) is 0.922. The molecule has 0 saturated carbocycles. The molecule has 5 nitrogen and oxygen atoms in total. The zero-order valence-electron chi connectivity index (χ0n) is 11.7. The van der Waals surface area contributed by atoms with Gasteiger partial charge in [-0.15, -0.1) is 0 Å². The van der Waals surface area contributed by atoms with E-state index in [1.807, 2.05) is 25.6 Å². The lowest BCUT2D eigenvalue weighted by Crippen LogP contribution is -2.23. The van der Waals surface area contributed by atoms with Crippen LogP contribution in [0.4, 0.5) is 5.82 Å². The van der Waals surface area contributed by atoms with E-state index >= 15 is 0 Å². The highest BCUT2D eigenvalue weighted by Gasteiger charge is 2.27. The summed E-state index contributed by atoms with van der Waals surface area (Å²) in [5.74, 6) is 0.832. The Kier molecular flexibility index (Phi) is 3.87. The van der Waals surface area contributed by atoms with Crippen molar-refractivity contribution < 1.29 is 0 Å². The van der Waals surface area contributed by atoms with E-state index in [-0.39, 0.29) is 0 Å². The predicted octanol–water partition coefficient (Wildman–Crippen LogP) is 2.25. The van der Waals surface area contributed by atoms with Crippen LogP contribution in [0.2, 0.25) is 0 Å². The average molecular weight is 269 g/mol. The van der Waals surface area contributed by atoms with Crippen LogP contribution < -0.4 is 5.32 Å². The van der Waals surface area contributed by atoms with Gasteiger partial charge in [-0.2, -0.15) is 0 Å². The number of nitrogens with one attached hydrogen (secondary N) is 1. The van der Waals surface area contributed by atoms with Gasteiger partial charge in [-0.1, -0.05) is 0 Å². The van der Waals surface area contributed by atoms with Crippen molar-refractivity contribution >= 4 is 5.82 Å². The lowest BCUT2D eigenvalue weighted by atomic mass is 10.1. The Bertz CT molecular complexity index is 557. The number of hydrogen-bond acceptors (Lipinski definition) is 5. The van der Waals surface area contributed by atoms with Crippen LogP contribution in [0, 0.1) is 0 Å². The summed E-state index contributed by atoms with van der Waals surface area (Å²) in [6.07, 6.45) is 9.69. The molecule has 2 aromatic heterocycles. The molecule has 0 amide bonds. The second-order valence-corrected chi connectivity index (χ2v) is 5.06. The maximum Gasteiger partial charge on any atom is 0.144 e. The monoisotopic (exact) mass is 269 g/mol. The maximum absolute atomic E-state index is 4.64. The highest BCUT2D eigenvalue weighted by atomic mass is 15.2. The van der Waals surface area contributed by atoms with E-state index in [0.717, 1.165) is 31.0 Å². The fourth-order valence-electron chi connectivity index (χ4n) is 2.74. The van der Waals surface area contributed by atoms with E-state index in [9.17, 15) is 0 Å². The summed E-state index contributed by atoms with van der Waals surface area (Å²) in [6.45, 7) is 2.05. The molecular formula is C15H19N5. The van der Waals surface area contributed by atoms with E-state index < -0.39 is 0 Å². The molecule has 1 N–H and O–H groups in total. The van der Waals surface area contributed by atoms with Gasteiger partial charge in [0.15, 0.2) is 0 Å². The molecule has 3 rings (SSSR count). The minimum Gasteiger partial charge on any atom is -0.372 e. The zero-order chi connectivity index (χ0) is 13.8. The Morgan fingerprint density at radius 1 is 1.25 bits per heavy atom. The van der Waals surface area contributed by atoms with Crippen molar-refractivity contribution in [3.63, 3.8) is 0 Å². The Labute approximate surface area is 119 Å². The fraction of sp³-hybridized carbons (Fsp3) is 0.400. The van der Waals surface area contributed by atoms with Crippen LogP contribution in [0.25, 0.3) is 0 Å². The van der Waals surface area contributed by atoms with Gasteiger partial charge >= 0.3 is 0 Å². The van der Waals surface area contributed by atoms with E-state index in [1.54, 1.807) is 6.20 Å². The van der Waals surface area contributed by atoms with Gasteiger partial charge in [0, 0.05) is 26.0 Å². The van der Waals surface area contributed by atoms with Gasteiger partial charge in [-0.05, 0) is 37.1 Å². The number of hydrogen-bond donors (Lipinski definition) is 1. The molecule has 1 atom stereocenters. The van der Waals surface area contributed by atoms with Crippen LogP contribution in [0.15, 0.2) is 36.9 Å². The number of likely N-dealkylation sites (tertiary alicyclic amines) is 1. The molecule has 5 heteroatoms. The van der Waals surface area contributed by atoms with Gasteiger partial charge in [0.1, 0.15) is 5.82 Å². The van der Waals surface area contributed by atoms with Gasteiger partial charge in [0.2, 0.25) is 0 Å². The van der Waals surface area contributed by atoms with Gasteiger partial charge in [0.05, 0.1) is 24.1 Å². The number of rotatable bonds is 4. The molecule has 1 aliphatic heterocycles. The highest BCUT2D eigenvalue weighted by molar-refractivity contribution is 5.31. The van der Waals surface area contributed by atoms with Crippen LogP contribution in [0.1, 0.15) is 30.1 Å². The summed E-state index contributed by atoms with van der Waals surface area (Å²) in [6, 6.07) is 4.51. The summed E-state index contributed by atoms with van der Waals surface area (Å²) >= 11 is 0. The molecule has 1 fully saturated rings. The average Bonchev–Trinajstić information content (AvgIpc) is 2.96. The maximum atomic E-state index is 4.64. The highest BCUT2D eigenvalue weighted by Crippen LogP contribution is 2.32. The number of aromatic nitrogens is 3. The summed E-state index contributed by atoms with van der Waals surface area (Å²) in [7, 11) is 1.87. The predicted molar refractivity (Wildman–Crippen MR) is 78.2 cm³/mol. The molecule has 1 saturated heterocycles. The van der Waals surface area contributed by atoms with Crippen LogP contribution in [0.3, 0.4) is 0 Å². The lowest BCUT2D eigenvalue weighted by Gasteiger charge is -2.24. The first-order valence-electron chi connectivity index (χ1n) is 6.99. The minimum absolute atomic E-state index is 0.365. The van der Waals surface area contributed by atoms with E-state index in [2.05, 4.69) is 37.3 Å². The number of anilines is 1. The summed E-state index contributed by atoms with van der Waals surface area (Å²) in [5.41, 5.74) is 2.35. The second kappa shape index (κ2) is 5.96. The van der Waals surface area contributed by atoms with Crippen molar-refractivity contribution in [1.82, 2.24) is 19.9 Å². The normalized spacial score (nSPS) is 19.1. The minimum atomic E-state index is 0.365. The first-order valence-corrected chi connectivity index (χ1v) is 6.99. The van der Waals surface area contributed by atoms with Crippen molar-refractivity contribution in [1.29, 1.82) is 0 Å². The van der Waals surface area contributed by atoms with Crippen molar-refractivity contribution in [2.75, 3.05) is 18.9 Å². The Morgan fingerprint density at radius 2 is 2.10 bits per heavy atom. The molecule has 3 heterocycles. The third-order valence-electron chi connectivity index (χ3n) is 3.75. The summed E-state index contributed by atoms with van der Waals surface area (Å²) < 4.78 is 0. The molecule has 0 bridgehead atoms. The van der Waals surface area contributed by atoms with Crippen LogP contribution >= 0.6 is 0 Å². The van der Waals surface area contributed by atoms with Gasteiger partial charge < -0.3 is 5.32 Å². The first kappa shape index (κ1) is 13.0. The standard InChI is InChI=1S/C15H19N5/c1-16-15-10-18-9-13(19-15)14-3-2-8-20(14)11-12-4-6-17-7-5-12/h4-7,9-10,14H,2-3,8,11H2,1H3,(H,16,19)/t14-/m1/s1. The second-order valence-electron chi connectivity index (χ2n) is 5.06. The molecule has 0 spiro atoms. The molecule has 1 aliphatic rings. The first-order chi connectivity index (χ1) is 9.86. The number of pyridine rings is 1. The fourth-order valence-corrected chi connectivity index (χ4v) is 2.74. The molecule has 104 valence electrons. The van der Waals surface area contributed by atoms with Crippen LogP contribution in [-0.2, 0) is 6.54 Å². The third-order valence-corrected chi connectivity index (χ3v) is 3.75. The Balaban J connectivity index is 1.78. The van der Waals surface area contributed by atoms with Crippen molar-refractivity contribution in [3.05, 3.63) is 48.2 Å². The Morgan fingerprint density at radius 3 is 2.90 bits per heavy atom. The molecule has 0 radical (unpaired) electrons. The zero-order valence-corrected chi connectivity index (χ0v) is 11.7. The summed E-state index contributed by atoms with van der Waals surface area (Å²) in [4.78, 5) is 15.5. The van der Waals surface area contributed by atoms with E-state index in [0.29, 0.717) is 6.04 Å². The topological polar surface area (TPSA) is 53.9 Å². The van der Waals surface area contributed by atoms with E-state index in [1.165, 1.54) is 12.0 Å². The van der Waals surface area contributed by atoms with E-state index in [4.69, 9.17) is 0 Å². The molecule has 0 aliphatic carbocycles. The SMILES string of the molecule is CNc1cncc([C@H]2CCCN2Cc2ccncc2)n1. The van der Waals surface area contributed by atoms with Crippen LogP contribution in [-0.4, -0.2) is 33.4 Å². The smallest absolute Gasteiger partial charge is 0.144 e. The molecule has 2 aromatic rings. The number of nitrogens with zero attached hydrogens (tertiary/aromatic N) is 4. The summed E-state index contributed by atoms with van der Waals surface area (Å²) in [5, 5.41) is 3.05. The molecule has 20 heavy (non-hydrogen) atoms. The van der Waals surface area contributed by atoms with Crippen molar-refractivity contribution in [2.24, 2.45) is 0 Å². The van der Waals surface area contributed by atoms with Gasteiger partial charge in [-0.25, -0.2) is 4.98 Å². The largest absolute Gasteiger partial charge is 0.372 e. The van der Waals surface area contributed by atoms with Gasteiger partial charge in [0.25, 0.3) is 0 Å². The molecular weight excluding hydrogens is 250 g/mol. The molecule has 0 aromatic carbocycles. The van der Waals surface area contributed by atoms with Gasteiger partial charge in [-0.3, -0.25) is 14.9 Å².